The number of aromatic nitrogens is 1. The lowest BCUT2D eigenvalue weighted by atomic mass is 10.1. The largest absolute Gasteiger partial charge is 0.466 e. The molecule has 0 bridgehead atoms. The van der Waals surface area contributed by atoms with Crippen molar-refractivity contribution in [2.75, 3.05) is 13.2 Å². The van der Waals surface area contributed by atoms with Gasteiger partial charge in [-0.05, 0) is 26.7 Å². The number of rotatable bonds is 12. The molecule has 2 atom stereocenters. The third kappa shape index (κ3) is 7.78. The van der Waals surface area contributed by atoms with Crippen molar-refractivity contribution in [1.82, 2.24) is 10.3 Å². The molecule has 27 heavy (non-hydrogen) atoms. The van der Waals surface area contributed by atoms with Crippen molar-refractivity contribution >= 4 is 17.8 Å². The first kappa shape index (κ1) is 22.6. The van der Waals surface area contributed by atoms with Crippen LogP contribution in [-0.4, -0.2) is 42.1 Å². The van der Waals surface area contributed by atoms with Crippen molar-refractivity contribution in [3.05, 3.63) is 17.8 Å². The van der Waals surface area contributed by atoms with Crippen LogP contribution >= 0.6 is 0 Å². The molecule has 9 nitrogen and oxygen atoms in total. The zero-order chi connectivity index (χ0) is 20.2. The van der Waals surface area contributed by atoms with E-state index < -0.39 is 29.9 Å². The Morgan fingerprint density at radius 2 is 1.89 bits per heavy atom. The molecule has 1 amide bonds. The molecule has 1 heterocycles. The topological polar surface area (TPSA) is 134 Å². The summed E-state index contributed by atoms with van der Waals surface area (Å²) in [5.41, 5.74) is 6.00. The first-order valence-electron chi connectivity index (χ1n) is 9.26. The lowest BCUT2D eigenvalue weighted by Crippen LogP contribution is -2.42. The summed E-state index contributed by atoms with van der Waals surface area (Å²) in [6, 6.07) is -1.38. The average Bonchev–Trinajstić information content (AvgIpc) is 3.13. The monoisotopic (exact) mass is 383 g/mol. The average molecular weight is 383 g/mol. The molecule has 0 aliphatic rings. The second kappa shape index (κ2) is 12.1. The van der Waals surface area contributed by atoms with Gasteiger partial charge in [-0.1, -0.05) is 19.8 Å². The van der Waals surface area contributed by atoms with Crippen LogP contribution in [0.2, 0.25) is 0 Å². The van der Waals surface area contributed by atoms with Gasteiger partial charge < -0.3 is 24.9 Å². The predicted octanol–water partition coefficient (Wildman–Crippen LogP) is 1.87. The van der Waals surface area contributed by atoms with Gasteiger partial charge in [-0.2, -0.15) is 0 Å². The van der Waals surface area contributed by atoms with E-state index in [1.54, 1.807) is 13.8 Å². The van der Waals surface area contributed by atoms with E-state index in [9.17, 15) is 14.4 Å². The highest BCUT2D eigenvalue weighted by Gasteiger charge is 2.25. The number of esters is 2. The molecule has 0 spiro atoms. The standard InChI is InChI=1S/C18H29N3O6/c1-4-7-8-12(19)17-21-14(11-27-17)16(23)20-13(18(24)26-6-3)9-10-15(22)25-5-2/h11-13H,4-10,19H2,1-3H3,(H,20,23). The summed E-state index contributed by atoms with van der Waals surface area (Å²) in [5.74, 6) is -1.41. The Hall–Kier alpha value is -2.42. The molecule has 0 aliphatic carbocycles. The van der Waals surface area contributed by atoms with Crippen molar-refractivity contribution in [2.24, 2.45) is 5.73 Å². The Bertz CT molecular complexity index is 616. The number of ether oxygens (including phenoxy) is 2. The van der Waals surface area contributed by atoms with E-state index in [1.807, 2.05) is 6.92 Å². The fourth-order valence-corrected chi connectivity index (χ4v) is 2.33. The SMILES string of the molecule is CCCCC(N)c1nc(C(=O)NC(CCC(=O)OCC)C(=O)OCC)co1. The van der Waals surface area contributed by atoms with Crippen LogP contribution in [0.4, 0.5) is 0 Å². The number of oxazole rings is 1. The molecule has 152 valence electrons. The van der Waals surface area contributed by atoms with Crippen LogP contribution in [0, 0.1) is 0 Å². The second-order valence-corrected chi connectivity index (χ2v) is 5.94. The third-order valence-corrected chi connectivity index (χ3v) is 3.76. The Morgan fingerprint density at radius 3 is 2.52 bits per heavy atom. The van der Waals surface area contributed by atoms with Gasteiger partial charge in [-0.25, -0.2) is 9.78 Å². The van der Waals surface area contributed by atoms with E-state index in [-0.39, 0.29) is 37.6 Å². The quantitative estimate of drug-likeness (QED) is 0.522. The van der Waals surface area contributed by atoms with E-state index in [4.69, 9.17) is 19.6 Å². The van der Waals surface area contributed by atoms with E-state index >= 15 is 0 Å². The number of nitrogens with two attached hydrogens (primary N) is 1. The van der Waals surface area contributed by atoms with Crippen molar-refractivity contribution in [1.29, 1.82) is 0 Å². The first-order valence-corrected chi connectivity index (χ1v) is 9.26. The minimum absolute atomic E-state index is 0.0161. The Morgan fingerprint density at radius 1 is 1.19 bits per heavy atom. The Balaban J connectivity index is 2.73. The highest BCUT2D eigenvalue weighted by atomic mass is 16.5. The molecule has 0 saturated heterocycles. The van der Waals surface area contributed by atoms with Crippen LogP contribution in [0.25, 0.3) is 0 Å². The molecule has 0 fully saturated rings. The summed E-state index contributed by atoms with van der Waals surface area (Å²) in [5, 5.41) is 2.53. The fraction of sp³-hybridized carbons (Fsp3) is 0.667. The van der Waals surface area contributed by atoms with Crippen LogP contribution in [0.15, 0.2) is 10.7 Å². The molecule has 0 aromatic carbocycles. The van der Waals surface area contributed by atoms with Crippen LogP contribution in [0.5, 0.6) is 0 Å². The van der Waals surface area contributed by atoms with Gasteiger partial charge >= 0.3 is 11.9 Å². The zero-order valence-corrected chi connectivity index (χ0v) is 16.2. The van der Waals surface area contributed by atoms with Gasteiger partial charge in [0.15, 0.2) is 5.69 Å². The minimum Gasteiger partial charge on any atom is -0.466 e. The minimum atomic E-state index is -0.990. The number of nitrogens with zero attached hydrogens (tertiary/aromatic N) is 1. The van der Waals surface area contributed by atoms with Gasteiger partial charge in [0.05, 0.1) is 19.3 Å². The van der Waals surface area contributed by atoms with Gasteiger partial charge in [0.25, 0.3) is 5.91 Å². The molecular formula is C18H29N3O6. The Labute approximate surface area is 159 Å². The maximum Gasteiger partial charge on any atom is 0.328 e. The lowest BCUT2D eigenvalue weighted by Gasteiger charge is -2.16. The number of amides is 1. The molecule has 1 aromatic heterocycles. The number of hydrogen-bond donors (Lipinski definition) is 2. The zero-order valence-electron chi connectivity index (χ0n) is 16.2. The summed E-state index contributed by atoms with van der Waals surface area (Å²) in [6.45, 7) is 5.80. The molecular weight excluding hydrogens is 354 g/mol. The van der Waals surface area contributed by atoms with Gasteiger partial charge in [0.2, 0.25) is 5.89 Å². The molecule has 9 heteroatoms. The predicted molar refractivity (Wildman–Crippen MR) is 96.7 cm³/mol. The lowest BCUT2D eigenvalue weighted by molar-refractivity contribution is -0.146. The normalized spacial score (nSPS) is 12.9. The number of nitrogens with one attached hydrogen (secondary N) is 1. The summed E-state index contributed by atoms with van der Waals surface area (Å²) in [7, 11) is 0. The number of hydrogen-bond acceptors (Lipinski definition) is 8. The van der Waals surface area contributed by atoms with E-state index in [1.165, 1.54) is 6.26 Å². The molecule has 0 radical (unpaired) electrons. The van der Waals surface area contributed by atoms with E-state index in [2.05, 4.69) is 10.3 Å². The summed E-state index contributed by atoms with van der Waals surface area (Å²) in [6.07, 6.45) is 3.84. The van der Waals surface area contributed by atoms with Crippen LogP contribution in [-0.2, 0) is 19.1 Å². The Kier molecular flexibility index (Phi) is 10.1. The summed E-state index contributed by atoms with van der Waals surface area (Å²) in [4.78, 5) is 40.1. The third-order valence-electron chi connectivity index (χ3n) is 3.76. The first-order chi connectivity index (χ1) is 12.9. The van der Waals surface area contributed by atoms with E-state index in [0.717, 1.165) is 12.8 Å². The van der Waals surface area contributed by atoms with Crippen LogP contribution in [0.1, 0.15) is 75.3 Å². The van der Waals surface area contributed by atoms with Crippen molar-refractivity contribution in [2.45, 2.75) is 65.0 Å². The summed E-state index contributed by atoms with van der Waals surface area (Å²) >= 11 is 0. The second-order valence-electron chi connectivity index (χ2n) is 5.94. The maximum atomic E-state index is 12.4. The molecule has 1 rings (SSSR count). The number of carbonyl (C=O) groups is 3. The molecule has 0 aliphatic heterocycles. The van der Waals surface area contributed by atoms with Crippen molar-refractivity contribution in [3.8, 4) is 0 Å². The van der Waals surface area contributed by atoms with E-state index in [0.29, 0.717) is 6.42 Å². The highest BCUT2D eigenvalue weighted by molar-refractivity contribution is 5.95. The molecule has 2 unspecified atom stereocenters. The van der Waals surface area contributed by atoms with Crippen molar-refractivity contribution in [3.63, 3.8) is 0 Å². The number of carbonyl (C=O) groups excluding carboxylic acids is 3. The van der Waals surface area contributed by atoms with Gasteiger partial charge in [-0.15, -0.1) is 0 Å². The van der Waals surface area contributed by atoms with Gasteiger partial charge in [0.1, 0.15) is 12.3 Å². The van der Waals surface area contributed by atoms with Gasteiger partial charge in [0, 0.05) is 6.42 Å². The van der Waals surface area contributed by atoms with Crippen LogP contribution < -0.4 is 11.1 Å². The molecule has 1 aromatic rings. The fourth-order valence-electron chi connectivity index (χ4n) is 2.33. The molecule has 3 N–H and O–H groups in total. The maximum absolute atomic E-state index is 12.4. The van der Waals surface area contributed by atoms with Crippen LogP contribution in [0.3, 0.4) is 0 Å². The summed E-state index contributed by atoms with van der Waals surface area (Å²) < 4.78 is 15.1. The molecule has 0 saturated carbocycles. The smallest absolute Gasteiger partial charge is 0.328 e. The van der Waals surface area contributed by atoms with Gasteiger partial charge in [-0.3, -0.25) is 9.59 Å². The van der Waals surface area contributed by atoms with Crippen molar-refractivity contribution < 1.29 is 28.3 Å². The number of unbranched alkanes of at least 4 members (excludes halogenated alkanes) is 1. The highest BCUT2D eigenvalue weighted by Crippen LogP contribution is 2.16.